The van der Waals surface area contributed by atoms with E-state index >= 15 is 0 Å². The molecule has 322 valence electrons. The van der Waals surface area contributed by atoms with Crippen molar-refractivity contribution in [2.45, 2.75) is 65.2 Å². The predicted molar refractivity (Wildman–Crippen MR) is 283 cm³/mol. The SMILES string of the molecule is Cl.Cl.[CH2]=[Zr]([C]1=CC=CC1)([c]1c2c(cc(C(C)(C)C)c1-c1ccccc1)-c1cc(C(C)(C)C)c(-c3ccccc3)cc1C2)([c]1ccc(Cl)c2ccccc12)[c]1ccc(Cl)c2ccccc12. The molecule has 0 N–H and O–H groups in total. The Balaban J connectivity index is 0.00000280. The van der Waals surface area contributed by atoms with Gasteiger partial charge in [-0.2, -0.15) is 0 Å². The molecule has 0 heterocycles. The number of allylic oxidation sites excluding steroid dienone is 4. The van der Waals surface area contributed by atoms with Gasteiger partial charge in [0.1, 0.15) is 0 Å². The molecule has 0 aliphatic heterocycles. The molecular weight excluding hydrogens is 942 g/mol. The average molecular weight is 996 g/mol. The van der Waals surface area contributed by atoms with E-state index in [9.17, 15) is 0 Å². The van der Waals surface area contributed by atoms with Gasteiger partial charge in [-0.05, 0) is 0 Å². The van der Waals surface area contributed by atoms with Crippen molar-refractivity contribution in [2.24, 2.45) is 0 Å². The van der Waals surface area contributed by atoms with Crippen molar-refractivity contribution < 1.29 is 18.3 Å². The van der Waals surface area contributed by atoms with Crippen LogP contribution in [0, 0.1) is 0 Å². The second kappa shape index (κ2) is 16.8. The molecule has 0 atom stereocenters. The van der Waals surface area contributed by atoms with Crippen molar-refractivity contribution in [3.05, 3.63) is 205 Å². The van der Waals surface area contributed by atoms with Crippen LogP contribution in [0.3, 0.4) is 0 Å². The van der Waals surface area contributed by atoms with Crippen LogP contribution in [0.15, 0.2) is 173 Å². The Hall–Kier alpha value is -4.33. The monoisotopic (exact) mass is 992 g/mol. The molecule has 5 heteroatoms. The van der Waals surface area contributed by atoms with E-state index in [1.165, 1.54) is 79.5 Å². The van der Waals surface area contributed by atoms with Crippen LogP contribution in [-0.4, -0.2) is 4.21 Å². The van der Waals surface area contributed by atoms with Gasteiger partial charge < -0.3 is 0 Å². The second-order valence-corrected chi connectivity index (χ2v) is 33.2. The van der Waals surface area contributed by atoms with Crippen molar-refractivity contribution in [2.75, 3.05) is 0 Å². The molecule has 0 amide bonds. The fourth-order valence-corrected chi connectivity index (χ4v) is 29.2. The summed E-state index contributed by atoms with van der Waals surface area (Å²) in [4.78, 5) is 0. The Morgan fingerprint density at radius 1 is 0.516 bits per heavy atom. The number of benzene rings is 8. The number of halogens is 4. The summed E-state index contributed by atoms with van der Waals surface area (Å²) in [5, 5.41) is 5.93. The molecule has 2 aliphatic rings. The molecule has 0 saturated heterocycles. The van der Waals surface area contributed by atoms with Crippen LogP contribution in [-0.2, 0) is 35.5 Å². The van der Waals surface area contributed by atoms with Gasteiger partial charge in [0, 0.05) is 0 Å². The Morgan fingerprint density at radius 2 is 1.00 bits per heavy atom. The predicted octanol–water partition coefficient (Wildman–Crippen LogP) is 15.9. The summed E-state index contributed by atoms with van der Waals surface area (Å²) < 4.78 is 11.6. The number of hydrogen-bond acceptors (Lipinski definition) is 0. The molecule has 0 aromatic heterocycles. The summed E-state index contributed by atoms with van der Waals surface area (Å²) in [6, 6.07) is 56.3. The van der Waals surface area contributed by atoms with E-state index in [0.717, 1.165) is 33.7 Å². The molecule has 8 aromatic rings. The molecule has 8 aromatic carbocycles. The minimum atomic E-state index is -5.70. The van der Waals surface area contributed by atoms with Crippen molar-refractivity contribution in [3.63, 3.8) is 0 Å². The van der Waals surface area contributed by atoms with Gasteiger partial charge in [-0.1, -0.05) is 0 Å². The first kappa shape index (κ1) is 46.2. The summed E-state index contributed by atoms with van der Waals surface area (Å²) in [6.45, 7) is 14.2. The van der Waals surface area contributed by atoms with Crippen molar-refractivity contribution >= 4 is 83.6 Å². The Bertz CT molecular complexity index is 3180. The summed E-state index contributed by atoms with van der Waals surface area (Å²) >= 11 is 8.77. The van der Waals surface area contributed by atoms with Crippen LogP contribution in [0.1, 0.15) is 70.2 Å². The van der Waals surface area contributed by atoms with Gasteiger partial charge in [0.2, 0.25) is 0 Å². The molecule has 0 saturated carbocycles. The molecule has 0 fully saturated rings. The molecular formula is C59H54Cl4Zr. The maximum absolute atomic E-state index is 7.23. The number of hydrogen-bond donors (Lipinski definition) is 0. The fourth-order valence-electron chi connectivity index (χ4n) is 11.2. The quantitative estimate of drug-likeness (QED) is 0.156. The molecule has 64 heavy (non-hydrogen) atoms. The first-order chi connectivity index (χ1) is 29.7. The van der Waals surface area contributed by atoms with Crippen molar-refractivity contribution in [1.82, 2.24) is 0 Å². The van der Waals surface area contributed by atoms with Gasteiger partial charge >= 0.3 is 381 Å². The Kier molecular flexibility index (Phi) is 12.2. The Labute approximate surface area is 402 Å². The zero-order valence-corrected chi connectivity index (χ0v) is 43.0. The van der Waals surface area contributed by atoms with E-state index in [2.05, 4.69) is 211 Å². The molecule has 0 spiro atoms. The topological polar surface area (TPSA) is 0 Å². The molecule has 10 rings (SSSR count). The first-order valence-electron chi connectivity index (χ1n) is 21.9. The van der Waals surface area contributed by atoms with E-state index < -0.39 is 18.3 Å². The standard InChI is InChI=1S/C33H33.2C10H6Cl.C5H5.CH2.2ClH.Zr/c1-32(2,3)30-20-26-24(18-28(30)22-13-9-7-10-14-22)17-25-19-29(23-15-11-8-12-16-23)31(21-27(25)26)33(4,5)6;2*11-10-7-3-5-8-4-1-2-6-9(8)10;1-2-4-5-3-1;;;;/h7-16,18,20-21H,17H2,1-6H3;2*1-4,6-7H;1-3H,4H2;1H2;2*1H;. The number of rotatable bonds is 6. The number of fused-ring (bicyclic) bond motifs is 5. The third-order valence-corrected chi connectivity index (χ3v) is 31.2. The summed E-state index contributed by atoms with van der Waals surface area (Å²) in [7, 11) is 0. The third-order valence-electron chi connectivity index (χ3n) is 14.1. The van der Waals surface area contributed by atoms with Crippen LogP contribution in [0.25, 0.3) is 54.9 Å². The van der Waals surface area contributed by atoms with E-state index in [4.69, 9.17) is 27.4 Å². The zero-order valence-electron chi connectivity index (χ0n) is 37.4. The molecule has 0 radical (unpaired) electrons. The summed E-state index contributed by atoms with van der Waals surface area (Å²) in [6.07, 6.45) is 8.66. The molecule has 2 aliphatic carbocycles. The van der Waals surface area contributed by atoms with Crippen LogP contribution in [0.5, 0.6) is 0 Å². The summed E-state index contributed by atoms with van der Waals surface area (Å²) in [5.74, 6) is 0. The minimum absolute atomic E-state index is 0. The molecule has 0 nitrogen and oxygen atoms in total. The Morgan fingerprint density at radius 3 is 1.50 bits per heavy atom. The third kappa shape index (κ3) is 7.00. The first-order valence-corrected chi connectivity index (χ1v) is 29.3. The van der Waals surface area contributed by atoms with Crippen LogP contribution in [0.2, 0.25) is 10.0 Å². The zero-order chi connectivity index (χ0) is 43.2. The van der Waals surface area contributed by atoms with Gasteiger partial charge in [-0.15, -0.1) is 24.8 Å². The summed E-state index contributed by atoms with van der Waals surface area (Å²) in [5.41, 5.74) is 12.9. The van der Waals surface area contributed by atoms with E-state index in [-0.39, 0.29) is 35.6 Å². The van der Waals surface area contributed by atoms with Crippen molar-refractivity contribution in [3.8, 4) is 33.4 Å². The maximum atomic E-state index is 7.23. The molecule has 0 bridgehead atoms. The van der Waals surface area contributed by atoms with Crippen LogP contribution < -0.4 is 9.81 Å². The molecule has 0 unspecified atom stereocenters. The average Bonchev–Trinajstić information content (AvgIpc) is 3.95. The van der Waals surface area contributed by atoms with Gasteiger partial charge in [0.25, 0.3) is 0 Å². The normalized spacial score (nSPS) is 13.6. The van der Waals surface area contributed by atoms with Crippen LogP contribution in [0.4, 0.5) is 0 Å². The van der Waals surface area contributed by atoms with Gasteiger partial charge in [0.05, 0.1) is 0 Å². The van der Waals surface area contributed by atoms with Crippen LogP contribution >= 0.6 is 48.0 Å². The second-order valence-electron chi connectivity index (χ2n) is 19.7. The van der Waals surface area contributed by atoms with Gasteiger partial charge in [-0.25, -0.2) is 0 Å². The van der Waals surface area contributed by atoms with Gasteiger partial charge in [-0.3, -0.25) is 0 Å². The van der Waals surface area contributed by atoms with E-state index in [0.29, 0.717) is 0 Å². The fraction of sp³-hybridized carbons (Fsp3) is 0.169. The van der Waals surface area contributed by atoms with E-state index in [1.54, 1.807) is 0 Å². The van der Waals surface area contributed by atoms with Crippen molar-refractivity contribution in [1.29, 1.82) is 0 Å². The van der Waals surface area contributed by atoms with Gasteiger partial charge in [0.15, 0.2) is 0 Å². The van der Waals surface area contributed by atoms with E-state index in [1.807, 2.05) is 0 Å².